The van der Waals surface area contributed by atoms with Crippen LogP contribution in [0.3, 0.4) is 0 Å². The van der Waals surface area contributed by atoms with E-state index in [4.69, 9.17) is 4.74 Å². The average molecular weight is 303 g/mol. The van der Waals surface area contributed by atoms with Crippen molar-refractivity contribution in [2.75, 3.05) is 18.5 Å². The molecule has 0 aliphatic carbocycles. The number of nitrogens with one attached hydrogen (secondary N) is 1. The van der Waals surface area contributed by atoms with Gasteiger partial charge in [0.25, 0.3) is 5.69 Å². The molecule has 0 unspecified atom stereocenters. The van der Waals surface area contributed by atoms with E-state index in [1.807, 2.05) is 32.9 Å². The Morgan fingerprint density at radius 3 is 2.86 bits per heavy atom. The molecule has 1 aromatic carbocycles. The third-order valence-electron chi connectivity index (χ3n) is 3.23. The van der Waals surface area contributed by atoms with Gasteiger partial charge in [-0.2, -0.15) is 0 Å². The predicted octanol–water partition coefficient (Wildman–Crippen LogP) is 3.68. The summed E-state index contributed by atoms with van der Waals surface area (Å²) in [6.45, 7) is 7.28. The molecule has 1 heterocycles. The van der Waals surface area contributed by atoms with Crippen molar-refractivity contribution in [3.63, 3.8) is 0 Å². The third kappa shape index (κ3) is 3.92. The summed E-state index contributed by atoms with van der Waals surface area (Å²) in [6, 6.07) is 6.93. The lowest BCUT2D eigenvalue weighted by atomic mass is 10.1. The third-order valence-corrected chi connectivity index (χ3v) is 3.23. The fourth-order valence-electron chi connectivity index (χ4n) is 2.27. The van der Waals surface area contributed by atoms with Gasteiger partial charge in [0, 0.05) is 36.0 Å². The van der Waals surface area contributed by atoms with Crippen LogP contribution in [0.2, 0.25) is 0 Å². The zero-order valence-corrected chi connectivity index (χ0v) is 13.1. The van der Waals surface area contributed by atoms with E-state index in [9.17, 15) is 10.1 Å². The van der Waals surface area contributed by atoms with Gasteiger partial charge in [-0.15, -0.1) is 0 Å². The normalized spacial score (nSPS) is 11.1. The van der Waals surface area contributed by atoms with E-state index in [1.54, 1.807) is 6.07 Å². The summed E-state index contributed by atoms with van der Waals surface area (Å²) in [4.78, 5) is 15.1. The minimum atomic E-state index is -0.394. The van der Waals surface area contributed by atoms with Crippen LogP contribution in [0.15, 0.2) is 24.3 Å². The molecule has 2 aromatic rings. The number of hydrogen-bond donors (Lipinski definition) is 1. The van der Waals surface area contributed by atoms with Crippen LogP contribution >= 0.6 is 0 Å². The Morgan fingerprint density at radius 2 is 2.18 bits per heavy atom. The number of nitro benzene ring substituents is 1. The molecule has 0 saturated carbocycles. The van der Waals surface area contributed by atoms with Crippen molar-refractivity contribution in [1.29, 1.82) is 0 Å². The number of fused-ring (bicyclic) bond motifs is 1. The van der Waals surface area contributed by atoms with Gasteiger partial charge in [0.05, 0.1) is 11.0 Å². The number of aryl methyl sites for hydroxylation is 1. The van der Waals surface area contributed by atoms with E-state index >= 15 is 0 Å². The number of rotatable bonds is 7. The van der Waals surface area contributed by atoms with Crippen molar-refractivity contribution < 1.29 is 9.66 Å². The minimum Gasteiger partial charge on any atom is -0.384 e. The smallest absolute Gasteiger partial charge is 0.295 e. The van der Waals surface area contributed by atoms with Crippen LogP contribution in [0.1, 0.15) is 26.0 Å². The average Bonchev–Trinajstić information content (AvgIpc) is 2.45. The first-order valence-electron chi connectivity index (χ1n) is 7.39. The Morgan fingerprint density at radius 1 is 1.41 bits per heavy atom. The van der Waals surface area contributed by atoms with E-state index in [2.05, 4.69) is 10.3 Å². The second-order valence-electron chi connectivity index (χ2n) is 5.44. The molecule has 0 spiro atoms. The molecular weight excluding hydrogens is 282 g/mol. The van der Waals surface area contributed by atoms with Crippen LogP contribution in [0.4, 0.5) is 11.4 Å². The van der Waals surface area contributed by atoms with E-state index in [0.29, 0.717) is 12.1 Å². The summed E-state index contributed by atoms with van der Waals surface area (Å²) in [5.74, 6) is 0. The maximum Gasteiger partial charge on any atom is 0.295 e. The molecule has 2 rings (SSSR count). The Kier molecular flexibility index (Phi) is 5.27. The fraction of sp³-hybridized carbons (Fsp3) is 0.438. The summed E-state index contributed by atoms with van der Waals surface area (Å²) in [6.07, 6.45) is 1.10. The van der Waals surface area contributed by atoms with Crippen molar-refractivity contribution >= 4 is 22.3 Å². The van der Waals surface area contributed by atoms with Gasteiger partial charge in [0.15, 0.2) is 5.52 Å². The van der Waals surface area contributed by atoms with Gasteiger partial charge in [0.1, 0.15) is 0 Å². The first-order chi connectivity index (χ1) is 10.5. The van der Waals surface area contributed by atoms with Gasteiger partial charge in [0.2, 0.25) is 0 Å². The van der Waals surface area contributed by atoms with E-state index in [-0.39, 0.29) is 11.8 Å². The van der Waals surface area contributed by atoms with E-state index < -0.39 is 4.92 Å². The van der Waals surface area contributed by atoms with E-state index in [1.165, 1.54) is 6.07 Å². The number of pyridine rings is 1. The standard InChI is InChI=1S/C16H21N3O3/c1-11(2)22-9-5-8-17-14-10-12(3)18-16-13(14)6-4-7-15(16)19(20)21/h4,6-7,10-11H,5,8-9H2,1-3H3,(H,17,18). The zero-order chi connectivity index (χ0) is 16.1. The van der Waals surface area contributed by atoms with Gasteiger partial charge >= 0.3 is 0 Å². The van der Waals surface area contributed by atoms with Crippen molar-refractivity contribution in [3.8, 4) is 0 Å². The largest absolute Gasteiger partial charge is 0.384 e. The second-order valence-corrected chi connectivity index (χ2v) is 5.44. The number of para-hydroxylation sites is 1. The number of benzene rings is 1. The molecule has 6 heteroatoms. The Balaban J connectivity index is 2.19. The highest BCUT2D eigenvalue weighted by Gasteiger charge is 2.15. The number of anilines is 1. The summed E-state index contributed by atoms with van der Waals surface area (Å²) in [5, 5.41) is 15.2. The SMILES string of the molecule is Cc1cc(NCCCOC(C)C)c2cccc([N+](=O)[O-])c2n1. The van der Waals surface area contributed by atoms with Crippen LogP contribution < -0.4 is 5.32 Å². The summed E-state index contributed by atoms with van der Waals surface area (Å²) in [7, 11) is 0. The van der Waals surface area contributed by atoms with Gasteiger partial charge < -0.3 is 10.1 Å². The van der Waals surface area contributed by atoms with Crippen molar-refractivity contribution in [2.45, 2.75) is 33.3 Å². The number of hydrogen-bond acceptors (Lipinski definition) is 5. The number of non-ortho nitro benzene ring substituents is 1. The highest BCUT2D eigenvalue weighted by atomic mass is 16.6. The second kappa shape index (κ2) is 7.17. The lowest BCUT2D eigenvalue weighted by Crippen LogP contribution is -2.10. The number of ether oxygens (including phenoxy) is 1. The molecule has 22 heavy (non-hydrogen) atoms. The lowest BCUT2D eigenvalue weighted by molar-refractivity contribution is -0.383. The molecule has 0 aliphatic heterocycles. The van der Waals surface area contributed by atoms with Gasteiger partial charge in [-0.1, -0.05) is 12.1 Å². The highest BCUT2D eigenvalue weighted by molar-refractivity contribution is 5.96. The zero-order valence-electron chi connectivity index (χ0n) is 13.1. The Hall–Kier alpha value is -2.21. The van der Waals surface area contributed by atoms with E-state index in [0.717, 1.165) is 29.7 Å². The molecule has 6 nitrogen and oxygen atoms in total. The Bertz CT molecular complexity index is 671. The Labute approximate surface area is 129 Å². The van der Waals surface area contributed by atoms with Crippen molar-refractivity contribution in [3.05, 3.63) is 40.1 Å². The predicted molar refractivity (Wildman–Crippen MR) is 87.3 cm³/mol. The molecule has 118 valence electrons. The maximum absolute atomic E-state index is 11.1. The number of nitrogens with zero attached hydrogens (tertiary/aromatic N) is 2. The van der Waals surface area contributed by atoms with Crippen molar-refractivity contribution in [2.24, 2.45) is 0 Å². The first kappa shape index (κ1) is 16.2. The van der Waals surface area contributed by atoms with Gasteiger partial charge in [-0.3, -0.25) is 10.1 Å². The lowest BCUT2D eigenvalue weighted by Gasteiger charge is -2.12. The molecule has 0 fully saturated rings. The molecule has 0 saturated heterocycles. The van der Waals surface area contributed by atoms with Crippen LogP contribution in [0.25, 0.3) is 10.9 Å². The maximum atomic E-state index is 11.1. The molecule has 1 N–H and O–H groups in total. The van der Waals surface area contributed by atoms with Crippen LogP contribution in [0, 0.1) is 17.0 Å². The minimum absolute atomic E-state index is 0.0346. The number of aromatic nitrogens is 1. The van der Waals surface area contributed by atoms with Gasteiger partial charge in [-0.05, 0) is 33.3 Å². The molecule has 0 aliphatic rings. The number of nitro groups is 1. The summed E-state index contributed by atoms with van der Waals surface area (Å²) >= 11 is 0. The molecule has 0 amide bonds. The quantitative estimate of drug-likeness (QED) is 0.479. The topological polar surface area (TPSA) is 77.3 Å². The van der Waals surface area contributed by atoms with Crippen LogP contribution in [-0.2, 0) is 4.74 Å². The monoisotopic (exact) mass is 303 g/mol. The molecule has 0 bridgehead atoms. The molecule has 0 radical (unpaired) electrons. The summed E-state index contributed by atoms with van der Waals surface area (Å²) < 4.78 is 5.50. The summed E-state index contributed by atoms with van der Waals surface area (Å²) in [5.41, 5.74) is 2.08. The van der Waals surface area contributed by atoms with Gasteiger partial charge in [-0.25, -0.2) is 4.98 Å². The molecular formula is C16H21N3O3. The fourth-order valence-corrected chi connectivity index (χ4v) is 2.27. The highest BCUT2D eigenvalue weighted by Crippen LogP contribution is 2.29. The van der Waals surface area contributed by atoms with Crippen molar-refractivity contribution in [1.82, 2.24) is 4.98 Å². The molecule has 1 aromatic heterocycles. The van der Waals surface area contributed by atoms with Crippen LogP contribution in [0.5, 0.6) is 0 Å². The molecule has 0 atom stereocenters. The first-order valence-corrected chi connectivity index (χ1v) is 7.39. The van der Waals surface area contributed by atoms with Crippen LogP contribution in [-0.4, -0.2) is 29.2 Å².